The van der Waals surface area contributed by atoms with Crippen LogP contribution in [0.1, 0.15) is 69.8 Å². The molecule has 0 radical (unpaired) electrons. The van der Waals surface area contributed by atoms with Gasteiger partial charge in [0, 0.05) is 38.0 Å². The summed E-state index contributed by atoms with van der Waals surface area (Å²) in [6, 6.07) is 12.3. The first-order valence-corrected chi connectivity index (χ1v) is 14.1. The number of benzene rings is 2. The Labute approximate surface area is 224 Å². The summed E-state index contributed by atoms with van der Waals surface area (Å²) >= 11 is 0. The second-order valence-corrected chi connectivity index (χ2v) is 11.5. The normalized spacial score (nSPS) is 23.3. The van der Waals surface area contributed by atoms with Crippen LogP contribution in [0.25, 0.3) is 0 Å². The third-order valence-corrected chi connectivity index (χ3v) is 8.81. The summed E-state index contributed by atoms with van der Waals surface area (Å²) in [5.74, 6) is 0.122. The standard InChI is InChI=1S/C31H38F2N2O3/c32-25-9-7-24(8-10-25)31(16-2-3-17-31)29(37)35-20-6-15-30(22-35,21-28(36)34-18-4-1-5-19-34)23-38-27-13-11-26(33)12-14-27/h7-14H,1-6,15-23H2/t30-/m1/s1. The molecule has 2 aliphatic heterocycles. The Morgan fingerprint density at radius 2 is 1.34 bits per heavy atom. The van der Waals surface area contributed by atoms with E-state index in [0.717, 1.165) is 76.4 Å². The van der Waals surface area contributed by atoms with Gasteiger partial charge < -0.3 is 14.5 Å². The van der Waals surface area contributed by atoms with E-state index < -0.39 is 10.8 Å². The van der Waals surface area contributed by atoms with Gasteiger partial charge in [0.05, 0.1) is 12.0 Å². The van der Waals surface area contributed by atoms with Crippen LogP contribution in [0.3, 0.4) is 0 Å². The van der Waals surface area contributed by atoms with Gasteiger partial charge in [-0.25, -0.2) is 8.78 Å². The van der Waals surface area contributed by atoms with Gasteiger partial charge in [-0.3, -0.25) is 9.59 Å². The van der Waals surface area contributed by atoms with Crippen molar-refractivity contribution in [1.29, 1.82) is 0 Å². The molecular formula is C31H38F2N2O3. The van der Waals surface area contributed by atoms with Gasteiger partial charge in [0.25, 0.3) is 0 Å². The smallest absolute Gasteiger partial charge is 0.233 e. The predicted octanol–water partition coefficient (Wildman–Crippen LogP) is 5.87. The summed E-state index contributed by atoms with van der Waals surface area (Å²) in [5.41, 5.74) is -0.297. The number of rotatable bonds is 7. The largest absolute Gasteiger partial charge is 0.493 e. The van der Waals surface area contributed by atoms with E-state index >= 15 is 0 Å². The van der Waals surface area contributed by atoms with E-state index in [9.17, 15) is 18.4 Å². The van der Waals surface area contributed by atoms with Crippen molar-refractivity contribution in [2.75, 3.05) is 32.8 Å². The minimum absolute atomic E-state index is 0.0814. The van der Waals surface area contributed by atoms with Crippen LogP contribution >= 0.6 is 0 Å². The average Bonchev–Trinajstić information content (AvgIpc) is 3.44. The Bertz CT molecular complexity index is 1110. The van der Waals surface area contributed by atoms with Gasteiger partial charge in [-0.2, -0.15) is 0 Å². The van der Waals surface area contributed by atoms with E-state index in [4.69, 9.17) is 4.74 Å². The van der Waals surface area contributed by atoms with Crippen molar-refractivity contribution in [3.8, 4) is 5.75 Å². The molecule has 7 heteroatoms. The highest BCUT2D eigenvalue weighted by Crippen LogP contribution is 2.45. The zero-order chi connectivity index (χ0) is 26.6. The maximum absolute atomic E-state index is 14.2. The molecule has 204 valence electrons. The Morgan fingerprint density at radius 1 is 0.737 bits per heavy atom. The number of ether oxygens (including phenoxy) is 1. The van der Waals surface area contributed by atoms with Crippen molar-refractivity contribution in [1.82, 2.24) is 9.80 Å². The molecule has 38 heavy (non-hydrogen) atoms. The van der Waals surface area contributed by atoms with Gasteiger partial charge in [-0.05, 0) is 86.9 Å². The lowest BCUT2D eigenvalue weighted by Crippen LogP contribution is -2.55. The zero-order valence-electron chi connectivity index (χ0n) is 22.1. The van der Waals surface area contributed by atoms with E-state index in [1.807, 2.05) is 9.80 Å². The molecule has 0 unspecified atom stereocenters. The molecular weight excluding hydrogens is 486 g/mol. The van der Waals surface area contributed by atoms with Crippen molar-refractivity contribution in [2.45, 2.75) is 69.6 Å². The molecule has 5 rings (SSSR count). The molecule has 1 saturated carbocycles. The van der Waals surface area contributed by atoms with Gasteiger partial charge in [-0.1, -0.05) is 25.0 Å². The summed E-state index contributed by atoms with van der Waals surface area (Å²) in [6.45, 7) is 2.92. The number of piperidine rings is 2. The molecule has 0 N–H and O–H groups in total. The minimum Gasteiger partial charge on any atom is -0.493 e. The second kappa shape index (κ2) is 11.4. The summed E-state index contributed by atoms with van der Waals surface area (Å²) in [4.78, 5) is 31.6. The van der Waals surface area contributed by atoms with Crippen LogP contribution in [0, 0.1) is 17.0 Å². The second-order valence-electron chi connectivity index (χ2n) is 11.5. The van der Waals surface area contributed by atoms with Crippen LogP contribution in [0.15, 0.2) is 48.5 Å². The first-order valence-electron chi connectivity index (χ1n) is 14.1. The van der Waals surface area contributed by atoms with Crippen molar-refractivity contribution < 1.29 is 23.1 Å². The van der Waals surface area contributed by atoms with Gasteiger partial charge in [0.2, 0.25) is 11.8 Å². The number of halogens is 2. The van der Waals surface area contributed by atoms with Crippen LogP contribution in [0.4, 0.5) is 8.78 Å². The van der Waals surface area contributed by atoms with E-state index in [-0.39, 0.29) is 30.1 Å². The maximum atomic E-state index is 14.2. The number of hydrogen-bond donors (Lipinski definition) is 0. The Hall–Kier alpha value is -2.96. The molecule has 3 fully saturated rings. The van der Waals surface area contributed by atoms with Crippen LogP contribution in [-0.2, 0) is 15.0 Å². The molecule has 2 saturated heterocycles. The number of carbonyl (C=O) groups is 2. The van der Waals surface area contributed by atoms with Gasteiger partial charge in [-0.15, -0.1) is 0 Å². The molecule has 1 atom stereocenters. The highest BCUT2D eigenvalue weighted by molar-refractivity contribution is 5.89. The van der Waals surface area contributed by atoms with E-state index in [1.165, 1.54) is 24.3 Å². The molecule has 2 amide bonds. The van der Waals surface area contributed by atoms with E-state index in [2.05, 4.69) is 0 Å². The first kappa shape index (κ1) is 26.6. The van der Waals surface area contributed by atoms with Crippen LogP contribution < -0.4 is 4.74 Å². The molecule has 2 aromatic rings. The minimum atomic E-state index is -0.647. The monoisotopic (exact) mass is 524 g/mol. The Morgan fingerprint density at radius 3 is 2.00 bits per heavy atom. The lowest BCUT2D eigenvalue weighted by atomic mass is 9.74. The average molecular weight is 525 g/mol. The van der Waals surface area contributed by atoms with E-state index in [1.54, 1.807) is 24.3 Å². The van der Waals surface area contributed by atoms with Crippen LogP contribution in [0.5, 0.6) is 5.75 Å². The number of nitrogens with zero attached hydrogens (tertiary/aromatic N) is 2. The predicted molar refractivity (Wildman–Crippen MR) is 142 cm³/mol. The van der Waals surface area contributed by atoms with Crippen molar-refractivity contribution in [2.24, 2.45) is 5.41 Å². The van der Waals surface area contributed by atoms with E-state index in [0.29, 0.717) is 25.3 Å². The molecule has 0 aromatic heterocycles. The van der Waals surface area contributed by atoms with Crippen molar-refractivity contribution in [3.63, 3.8) is 0 Å². The zero-order valence-corrected chi connectivity index (χ0v) is 22.1. The topological polar surface area (TPSA) is 49.9 Å². The van der Waals surface area contributed by atoms with Crippen LogP contribution in [0.2, 0.25) is 0 Å². The van der Waals surface area contributed by atoms with Gasteiger partial charge >= 0.3 is 0 Å². The summed E-state index contributed by atoms with van der Waals surface area (Å²) < 4.78 is 33.3. The number of hydrogen-bond acceptors (Lipinski definition) is 3. The summed E-state index contributed by atoms with van der Waals surface area (Å²) in [5, 5.41) is 0. The highest BCUT2D eigenvalue weighted by atomic mass is 19.1. The molecule has 1 aliphatic carbocycles. The fourth-order valence-electron chi connectivity index (χ4n) is 6.71. The Kier molecular flexibility index (Phi) is 8.01. The molecule has 2 heterocycles. The fourth-order valence-corrected chi connectivity index (χ4v) is 6.71. The highest BCUT2D eigenvalue weighted by Gasteiger charge is 2.48. The molecule has 5 nitrogen and oxygen atoms in total. The number of amides is 2. The molecule has 0 spiro atoms. The van der Waals surface area contributed by atoms with Gasteiger partial charge in [0.1, 0.15) is 17.4 Å². The summed E-state index contributed by atoms with van der Waals surface area (Å²) in [6.07, 6.45) is 8.50. The third kappa shape index (κ3) is 5.71. The lowest BCUT2D eigenvalue weighted by Gasteiger charge is -2.46. The number of likely N-dealkylation sites (tertiary alicyclic amines) is 2. The van der Waals surface area contributed by atoms with Crippen molar-refractivity contribution in [3.05, 3.63) is 65.7 Å². The lowest BCUT2D eigenvalue weighted by molar-refractivity contribution is -0.145. The Balaban J connectivity index is 1.39. The van der Waals surface area contributed by atoms with Gasteiger partial charge in [0.15, 0.2) is 0 Å². The molecule has 3 aliphatic rings. The number of carbonyl (C=O) groups excluding carboxylic acids is 2. The maximum Gasteiger partial charge on any atom is 0.233 e. The fraction of sp³-hybridized carbons (Fsp3) is 0.548. The molecule has 0 bridgehead atoms. The molecule has 2 aromatic carbocycles. The first-order chi connectivity index (χ1) is 18.4. The summed E-state index contributed by atoms with van der Waals surface area (Å²) in [7, 11) is 0. The van der Waals surface area contributed by atoms with Crippen LogP contribution in [-0.4, -0.2) is 54.4 Å². The third-order valence-electron chi connectivity index (χ3n) is 8.81. The quantitative estimate of drug-likeness (QED) is 0.455. The SMILES string of the molecule is O=C(C[C@]1(COc2ccc(F)cc2)CCCN(C(=O)C2(c3ccc(F)cc3)CCCC2)C1)N1CCCCC1. The van der Waals surface area contributed by atoms with Crippen molar-refractivity contribution >= 4 is 11.8 Å².